The number of rotatable bonds is 7. The Morgan fingerprint density at radius 1 is 1.15 bits per heavy atom. The third-order valence-electron chi connectivity index (χ3n) is 8.60. The highest BCUT2D eigenvalue weighted by Gasteiger charge is 2.72. The van der Waals surface area contributed by atoms with Crippen molar-refractivity contribution in [3.05, 3.63) is 35.9 Å². The van der Waals surface area contributed by atoms with Crippen LogP contribution in [0.1, 0.15) is 78.8 Å². The fourth-order valence-corrected chi connectivity index (χ4v) is 8.13. The van der Waals surface area contributed by atoms with Crippen molar-refractivity contribution in [2.45, 2.75) is 104 Å². The molecule has 33 heavy (non-hydrogen) atoms. The van der Waals surface area contributed by atoms with Gasteiger partial charge in [0.05, 0.1) is 6.04 Å². The van der Waals surface area contributed by atoms with E-state index in [2.05, 4.69) is 40.4 Å². The SMILES string of the molecule is CC(C)(C)N(C(=O)O)[C@H](CC(=O)[C@@]1(O[Si](C)(C)C)C[C@H]2CC[C@]1(C)C2(C)C)c1ccccc1. The second kappa shape index (κ2) is 8.23. The van der Waals surface area contributed by atoms with E-state index in [1.54, 1.807) is 0 Å². The highest BCUT2D eigenvalue weighted by Crippen LogP contribution is 2.71. The van der Waals surface area contributed by atoms with E-state index in [0.29, 0.717) is 5.92 Å². The molecule has 2 bridgehead atoms. The van der Waals surface area contributed by atoms with Crippen LogP contribution in [0.15, 0.2) is 30.3 Å². The smallest absolute Gasteiger partial charge is 0.408 e. The predicted molar refractivity (Wildman–Crippen MR) is 135 cm³/mol. The molecule has 2 aliphatic rings. The predicted octanol–water partition coefficient (Wildman–Crippen LogP) is 6.90. The molecule has 0 aromatic heterocycles. The Labute approximate surface area is 201 Å². The number of hydrogen-bond acceptors (Lipinski definition) is 3. The van der Waals surface area contributed by atoms with Crippen molar-refractivity contribution in [1.82, 2.24) is 4.90 Å². The highest BCUT2D eigenvalue weighted by molar-refractivity contribution is 6.70. The lowest BCUT2D eigenvalue weighted by Crippen LogP contribution is -2.59. The van der Waals surface area contributed by atoms with Crippen molar-refractivity contribution in [2.24, 2.45) is 16.7 Å². The molecular formula is C27H43NO4Si. The molecule has 1 aromatic carbocycles. The van der Waals surface area contributed by atoms with Crippen LogP contribution in [0, 0.1) is 16.7 Å². The normalized spacial score (nSPS) is 29.7. The molecule has 1 N–H and O–H groups in total. The van der Waals surface area contributed by atoms with Crippen LogP contribution >= 0.6 is 0 Å². The van der Waals surface area contributed by atoms with Crippen molar-refractivity contribution in [1.29, 1.82) is 0 Å². The Balaban J connectivity index is 2.10. The minimum absolute atomic E-state index is 0.00106. The summed E-state index contributed by atoms with van der Waals surface area (Å²) in [5, 5.41) is 10.2. The Kier molecular flexibility index (Phi) is 6.47. The van der Waals surface area contributed by atoms with Crippen LogP contribution in [0.3, 0.4) is 0 Å². The molecule has 0 radical (unpaired) electrons. The van der Waals surface area contributed by atoms with Gasteiger partial charge in [-0.2, -0.15) is 0 Å². The van der Waals surface area contributed by atoms with Crippen LogP contribution in [0.4, 0.5) is 4.79 Å². The molecule has 6 heteroatoms. The lowest BCUT2D eigenvalue weighted by molar-refractivity contribution is -0.153. The van der Waals surface area contributed by atoms with Gasteiger partial charge in [0.2, 0.25) is 0 Å². The molecule has 0 heterocycles. The zero-order valence-corrected chi connectivity index (χ0v) is 23.0. The summed E-state index contributed by atoms with van der Waals surface area (Å²) in [5.41, 5.74) is -0.935. The van der Waals surface area contributed by atoms with Gasteiger partial charge >= 0.3 is 6.09 Å². The van der Waals surface area contributed by atoms with E-state index >= 15 is 0 Å². The lowest BCUT2D eigenvalue weighted by atomic mass is 9.62. The Hall–Kier alpha value is -1.66. The first-order valence-corrected chi connectivity index (χ1v) is 15.7. The highest BCUT2D eigenvalue weighted by atomic mass is 28.4. The maximum absolute atomic E-state index is 14.4. The third kappa shape index (κ3) is 4.29. The van der Waals surface area contributed by atoms with Crippen LogP contribution in [-0.4, -0.2) is 41.3 Å². The number of fused-ring (bicyclic) bond motifs is 2. The standard InChI is InChI=1S/C27H43NO4Si/c1-24(2,3)28(23(30)31)21(19-13-11-10-12-14-19)17-22(29)27(32-33(7,8)9)18-20-15-16-26(27,6)25(20,4)5/h10-14,20-21H,15-18H2,1-9H3,(H,30,31)/t20-,21-,26-,27+/m1/s1. The summed E-state index contributed by atoms with van der Waals surface area (Å²) in [6.45, 7) is 18.9. The quantitative estimate of drug-likeness (QED) is 0.437. The topological polar surface area (TPSA) is 66.8 Å². The van der Waals surface area contributed by atoms with Gasteiger partial charge in [-0.05, 0) is 76.6 Å². The van der Waals surface area contributed by atoms with Gasteiger partial charge < -0.3 is 9.53 Å². The Bertz CT molecular complexity index is 901. The second-order valence-electron chi connectivity index (χ2n) is 12.9. The molecule has 1 amide bonds. The first kappa shape index (κ1) is 26.0. The van der Waals surface area contributed by atoms with Gasteiger partial charge in [-0.25, -0.2) is 4.79 Å². The van der Waals surface area contributed by atoms with Crippen molar-refractivity contribution in [3.8, 4) is 0 Å². The van der Waals surface area contributed by atoms with E-state index in [-0.39, 0.29) is 23.0 Å². The van der Waals surface area contributed by atoms with E-state index in [1.165, 1.54) is 4.90 Å². The Morgan fingerprint density at radius 3 is 2.12 bits per heavy atom. The molecular weight excluding hydrogens is 430 g/mol. The van der Waals surface area contributed by atoms with E-state index in [1.807, 2.05) is 51.1 Å². The second-order valence-corrected chi connectivity index (χ2v) is 17.3. The summed E-state index contributed by atoms with van der Waals surface area (Å²) in [7, 11) is -2.07. The summed E-state index contributed by atoms with van der Waals surface area (Å²) in [5.74, 6) is 0.503. The van der Waals surface area contributed by atoms with Crippen molar-refractivity contribution in [2.75, 3.05) is 0 Å². The van der Waals surface area contributed by atoms with Crippen LogP contribution in [0.5, 0.6) is 0 Å². The summed E-state index contributed by atoms with van der Waals surface area (Å²) in [4.78, 5) is 28.3. The Morgan fingerprint density at radius 2 is 1.73 bits per heavy atom. The minimum Gasteiger partial charge on any atom is -0.465 e. The van der Waals surface area contributed by atoms with Crippen molar-refractivity contribution >= 4 is 20.2 Å². The molecule has 0 aliphatic heterocycles. The number of ketones is 1. The van der Waals surface area contributed by atoms with Crippen molar-refractivity contribution in [3.63, 3.8) is 0 Å². The molecule has 3 rings (SSSR count). The first-order chi connectivity index (χ1) is 15.0. The number of benzene rings is 1. The maximum atomic E-state index is 14.4. The molecule has 0 saturated heterocycles. The van der Waals surface area contributed by atoms with Gasteiger partial charge in [0.25, 0.3) is 0 Å². The van der Waals surface area contributed by atoms with Gasteiger partial charge in [0.15, 0.2) is 14.1 Å². The van der Waals surface area contributed by atoms with Gasteiger partial charge in [0.1, 0.15) is 5.60 Å². The monoisotopic (exact) mass is 473 g/mol. The summed E-state index contributed by atoms with van der Waals surface area (Å²) in [6.07, 6.45) is 1.95. The summed E-state index contributed by atoms with van der Waals surface area (Å²) < 4.78 is 6.91. The number of carbonyl (C=O) groups is 2. The molecule has 2 fully saturated rings. The zero-order chi connectivity index (χ0) is 25.0. The number of carbonyl (C=O) groups excluding carboxylic acids is 1. The van der Waals surface area contributed by atoms with Gasteiger partial charge in [-0.1, -0.05) is 51.1 Å². The van der Waals surface area contributed by atoms with Crippen LogP contribution in [-0.2, 0) is 9.22 Å². The van der Waals surface area contributed by atoms with E-state index in [0.717, 1.165) is 24.8 Å². The average Bonchev–Trinajstić information content (AvgIpc) is 2.98. The number of Topliss-reactive ketones (excluding diaryl/α,β-unsaturated/α-hetero) is 1. The number of carboxylic acid groups (broad SMARTS) is 1. The number of hydrogen-bond donors (Lipinski definition) is 1. The third-order valence-corrected chi connectivity index (χ3v) is 9.56. The van der Waals surface area contributed by atoms with E-state index in [9.17, 15) is 14.7 Å². The summed E-state index contributed by atoms with van der Waals surface area (Å²) in [6, 6.07) is 9.03. The largest absolute Gasteiger partial charge is 0.465 e. The van der Waals surface area contributed by atoms with Crippen LogP contribution < -0.4 is 0 Å². The zero-order valence-electron chi connectivity index (χ0n) is 22.0. The molecule has 184 valence electrons. The average molecular weight is 474 g/mol. The van der Waals surface area contributed by atoms with E-state index < -0.39 is 31.6 Å². The first-order valence-electron chi connectivity index (χ1n) is 12.3. The van der Waals surface area contributed by atoms with Gasteiger partial charge in [-0.15, -0.1) is 0 Å². The number of amides is 1. The van der Waals surface area contributed by atoms with Gasteiger partial charge in [-0.3, -0.25) is 9.69 Å². The lowest BCUT2D eigenvalue weighted by Gasteiger charge is -2.51. The van der Waals surface area contributed by atoms with Crippen LogP contribution in [0.2, 0.25) is 19.6 Å². The molecule has 1 aromatic rings. The minimum atomic E-state index is -2.07. The molecule has 0 spiro atoms. The van der Waals surface area contributed by atoms with Crippen LogP contribution in [0.25, 0.3) is 0 Å². The summed E-state index contributed by atoms with van der Waals surface area (Å²) >= 11 is 0. The molecule has 2 saturated carbocycles. The molecule has 4 atom stereocenters. The maximum Gasteiger partial charge on any atom is 0.408 e. The fourth-order valence-electron chi connectivity index (χ4n) is 6.67. The van der Waals surface area contributed by atoms with Gasteiger partial charge in [0, 0.05) is 17.4 Å². The molecule has 5 nitrogen and oxygen atoms in total. The molecule has 0 unspecified atom stereocenters. The fraction of sp³-hybridized carbons (Fsp3) is 0.704. The molecule has 2 aliphatic carbocycles. The number of nitrogens with zero attached hydrogens (tertiary/aromatic N) is 1. The van der Waals surface area contributed by atoms with E-state index in [4.69, 9.17) is 4.43 Å². The van der Waals surface area contributed by atoms with Crippen molar-refractivity contribution < 1.29 is 19.1 Å².